The highest BCUT2D eigenvalue weighted by atomic mass is 32.1. The van der Waals surface area contributed by atoms with Gasteiger partial charge < -0.3 is 10.0 Å². The molecule has 2 heterocycles. The molecule has 0 unspecified atom stereocenters. The highest BCUT2D eigenvalue weighted by molar-refractivity contribution is 7.14. The summed E-state index contributed by atoms with van der Waals surface area (Å²) in [5.74, 6) is -0.0181. The summed E-state index contributed by atoms with van der Waals surface area (Å²) < 4.78 is 0. The number of aromatic nitrogens is 1. The van der Waals surface area contributed by atoms with E-state index in [4.69, 9.17) is 0 Å². The number of amides is 1. The lowest BCUT2D eigenvalue weighted by molar-refractivity contribution is 0.00616. The van der Waals surface area contributed by atoms with Gasteiger partial charge in [-0.25, -0.2) is 4.98 Å². The average molecular weight is 316 g/mol. The molecule has 116 valence electrons. The smallest absolute Gasteiger partial charge is 0.266 e. The van der Waals surface area contributed by atoms with Gasteiger partial charge in [0.15, 0.2) is 0 Å². The number of nitrogens with zero attached hydrogens (tertiary/aromatic N) is 2. The van der Waals surface area contributed by atoms with E-state index in [1.807, 2.05) is 25.1 Å². The Morgan fingerprint density at radius 2 is 1.95 bits per heavy atom. The molecule has 0 bridgehead atoms. The molecule has 1 aromatic carbocycles. The summed E-state index contributed by atoms with van der Waals surface area (Å²) >= 11 is 1.46. The topological polar surface area (TPSA) is 53.4 Å². The summed E-state index contributed by atoms with van der Waals surface area (Å²) in [6.07, 6.45) is -0.377. The third-order valence-electron chi connectivity index (χ3n) is 4.17. The van der Waals surface area contributed by atoms with Crippen molar-refractivity contribution in [1.82, 2.24) is 9.88 Å². The van der Waals surface area contributed by atoms with Crippen molar-refractivity contribution in [2.75, 3.05) is 13.1 Å². The zero-order valence-electron chi connectivity index (χ0n) is 13.0. The van der Waals surface area contributed by atoms with Crippen LogP contribution in [-0.2, 0) is 5.41 Å². The van der Waals surface area contributed by atoms with Gasteiger partial charge in [0.25, 0.3) is 5.91 Å². The molecule has 2 aromatic rings. The van der Waals surface area contributed by atoms with Crippen molar-refractivity contribution in [2.45, 2.75) is 32.3 Å². The van der Waals surface area contributed by atoms with Gasteiger partial charge in [0, 0.05) is 18.5 Å². The number of aryl methyl sites for hydroxylation is 1. The van der Waals surface area contributed by atoms with E-state index in [1.54, 1.807) is 4.90 Å². The van der Waals surface area contributed by atoms with E-state index in [2.05, 4.69) is 31.0 Å². The fourth-order valence-corrected chi connectivity index (χ4v) is 3.76. The Morgan fingerprint density at radius 1 is 1.32 bits per heavy atom. The second-order valence-electron chi connectivity index (χ2n) is 6.29. The first kappa shape index (κ1) is 15.2. The first-order valence-corrected chi connectivity index (χ1v) is 8.22. The first-order valence-electron chi connectivity index (χ1n) is 7.40. The van der Waals surface area contributed by atoms with Gasteiger partial charge in [0.2, 0.25) is 0 Å². The summed E-state index contributed by atoms with van der Waals surface area (Å²) in [6, 6.07) is 10.2. The van der Waals surface area contributed by atoms with E-state index in [-0.39, 0.29) is 17.4 Å². The summed E-state index contributed by atoms with van der Waals surface area (Å²) in [5.41, 5.74) is 1.72. The Labute approximate surface area is 134 Å². The second kappa shape index (κ2) is 5.48. The zero-order valence-corrected chi connectivity index (χ0v) is 13.9. The summed E-state index contributed by atoms with van der Waals surface area (Å²) in [7, 11) is 0. The van der Waals surface area contributed by atoms with Gasteiger partial charge in [-0.15, -0.1) is 11.3 Å². The van der Waals surface area contributed by atoms with Crippen molar-refractivity contribution in [2.24, 2.45) is 0 Å². The van der Waals surface area contributed by atoms with E-state index in [0.717, 1.165) is 10.7 Å². The maximum atomic E-state index is 12.5. The summed E-state index contributed by atoms with van der Waals surface area (Å²) in [4.78, 5) is 19.5. The van der Waals surface area contributed by atoms with Crippen LogP contribution in [0.5, 0.6) is 0 Å². The van der Waals surface area contributed by atoms with Crippen LogP contribution in [0.1, 0.15) is 39.8 Å². The van der Waals surface area contributed by atoms with Crippen LogP contribution in [-0.4, -0.2) is 40.1 Å². The number of hydrogen-bond donors (Lipinski definition) is 1. The normalized spacial score (nSPS) is 15.7. The van der Waals surface area contributed by atoms with Gasteiger partial charge in [-0.05, 0) is 26.3 Å². The van der Waals surface area contributed by atoms with Gasteiger partial charge in [-0.2, -0.15) is 0 Å². The molecule has 1 aromatic heterocycles. The molecule has 1 fully saturated rings. The van der Waals surface area contributed by atoms with Crippen LogP contribution >= 0.6 is 11.3 Å². The van der Waals surface area contributed by atoms with Crippen molar-refractivity contribution in [3.8, 4) is 0 Å². The predicted molar refractivity (Wildman–Crippen MR) is 87.3 cm³/mol. The van der Waals surface area contributed by atoms with E-state index in [9.17, 15) is 9.90 Å². The van der Waals surface area contributed by atoms with Crippen molar-refractivity contribution in [3.63, 3.8) is 0 Å². The molecule has 1 saturated heterocycles. The molecule has 1 amide bonds. The summed E-state index contributed by atoms with van der Waals surface area (Å²) in [6.45, 7) is 6.98. The molecule has 5 heteroatoms. The van der Waals surface area contributed by atoms with Crippen LogP contribution < -0.4 is 0 Å². The molecule has 3 rings (SSSR count). The summed E-state index contributed by atoms with van der Waals surface area (Å²) in [5, 5.41) is 10.3. The lowest BCUT2D eigenvalue weighted by atomic mass is 9.85. The number of carbonyl (C=O) groups is 1. The third kappa shape index (κ3) is 2.55. The molecule has 4 nitrogen and oxygen atoms in total. The van der Waals surface area contributed by atoms with Gasteiger partial charge >= 0.3 is 0 Å². The Kier molecular flexibility index (Phi) is 3.78. The van der Waals surface area contributed by atoms with Crippen LogP contribution in [0.2, 0.25) is 0 Å². The quantitative estimate of drug-likeness (QED) is 0.947. The van der Waals surface area contributed by atoms with E-state index in [1.165, 1.54) is 16.9 Å². The molecule has 1 aliphatic rings. The molecule has 0 saturated carbocycles. The van der Waals surface area contributed by atoms with Crippen LogP contribution in [0, 0.1) is 6.92 Å². The second-order valence-corrected chi connectivity index (χ2v) is 7.29. The molecule has 0 spiro atoms. The number of benzene rings is 1. The number of β-amino-alcohol motifs (C(OH)–C–C–N with tert-alkyl or cyclic N) is 1. The van der Waals surface area contributed by atoms with E-state index in [0.29, 0.717) is 18.0 Å². The Bertz CT molecular complexity index is 688. The van der Waals surface area contributed by atoms with Gasteiger partial charge in [0.05, 0.1) is 11.8 Å². The van der Waals surface area contributed by atoms with Gasteiger partial charge in [-0.3, -0.25) is 4.79 Å². The number of carbonyl (C=O) groups excluding carboxylic acids is 1. The number of aliphatic hydroxyl groups is 1. The zero-order chi connectivity index (χ0) is 15.9. The van der Waals surface area contributed by atoms with E-state index >= 15 is 0 Å². The molecular weight excluding hydrogens is 296 g/mol. The molecule has 0 radical (unpaired) electrons. The molecule has 1 N–H and O–H groups in total. The third-order valence-corrected chi connectivity index (χ3v) is 5.64. The maximum Gasteiger partial charge on any atom is 0.266 e. The fraction of sp³-hybridized carbons (Fsp3) is 0.412. The molecule has 0 aliphatic carbocycles. The van der Waals surface area contributed by atoms with Gasteiger partial charge in [0.1, 0.15) is 9.88 Å². The molecule has 1 aliphatic heterocycles. The Hall–Kier alpha value is -1.72. The van der Waals surface area contributed by atoms with Crippen molar-refractivity contribution in [1.29, 1.82) is 0 Å². The van der Waals surface area contributed by atoms with Crippen LogP contribution in [0.25, 0.3) is 0 Å². The number of likely N-dealkylation sites (tertiary alicyclic amines) is 1. The largest absolute Gasteiger partial charge is 0.389 e. The van der Waals surface area contributed by atoms with Crippen LogP contribution in [0.15, 0.2) is 30.3 Å². The van der Waals surface area contributed by atoms with Crippen LogP contribution in [0.3, 0.4) is 0 Å². The molecule has 0 atom stereocenters. The van der Waals surface area contributed by atoms with Gasteiger partial charge in [-0.1, -0.05) is 30.3 Å². The molecular formula is C17H20N2O2S. The number of aliphatic hydroxyl groups excluding tert-OH is 1. The minimum Gasteiger partial charge on any atom is -0.389 e. The lowest BCUT2D eigenvalue weighted by Gasteiger charge is -2.35. The minimum atomic E-state index is -0.377. The standard InChI is InChI=1S/C17H20N2O2S/c1-11-14(15(21)19-9-13(20)10-19)22-16(18-11)17(2,3)12-7-5-4-6-8-12/h4-8,13,20H,9-10H2,1-3H3. The van der Waals surface area contributed by atoms with Crippen molar-refractivity contribution < 1.29 is 9.90 Å². The number of rotatable bonds is 3. The Balaban J connectivity index is 1.90. The Morgan fingerprint density at radius 3 is 2.55 bits per heavy atom. The lowest BCUT2D eigenvalue weighted by Crippen LogP contribution is -2.53. The van der Waals surface area contributed by atoms with Crippen LogP contribution in [0.4, 0.5) is 0 Å². The molecule has 22 heavy (non-hydrogen) atoms. The first-order chi connectivity index (χ1) is 10.4. The minimum absolute atomic E-state index is 0.0181. The van der Waals surface area contributed by atoms with Crippen molar-refractivity contribution >= 4 is 17.2 Å². The highest BCUT2D eigenvalue weighted by Crippen LogP contribution is 2.36. The maximum absolute atomic E-state index is 12.5. The highest BCUT2D eigenvalue weighted by Gasteiger charge is 2.34. The predicted octanol–water partition coefficient (Wildman–Crippen LogP) is 2.59. The number of hydrogen-bond acceptors (Lipinski definition) is 4. The van der Waals surface area contributed by atoms with Crippen molar-refractivity contribution in [3.05, 3.63) is 51.5 Å². The monoisotopic (exact) mass is 316 g/mol. The van der Waals surface area contributed by atoms with E-state index < -0.39 is 0 Å². The number of thiazole rings is 1. The fourth-order valence-electron chi connectivity index (χ4n) is 2.61. The average Bonchev–Trinajstić information content (AvgIpc) is 2.87. The SMILES string of the molecule is Cc1nc(C(C)(C)c2ccccc2)sc1C(=O)N1CC(O)C1.